The molecule has 1 aliphatic heterocycles. The maximum absolute atomic E-state index is 9.39. The minimum atomic E-state index is 0.289. The molecule has 0 aliphatic carbocycles. The second-order valence-electron chi connectivity index (χ2n) is 4.42. The lowest BCUT2D eigenvalue weighted by atomic mass is 10.1. The molecule has 0 fully saturated rings. The van der Waals surface area contributed by atoms with Gasteiger partial charge >= 0.3 is 0 Å². The number of phenols is 1. The summed E-state index contributed by atoms with van der Waals surface area (Å²) in [5.74, 6) is 1.92. The van der Waals surface area contributed by atoms with Crippen LogP contribution in [-0.4, -0.2) is 11.9 Å². The summed E-state index contributed by atoms with van der Waals surface area (Å²) in [6, 6.07) is 13.1. The minimum absolute atomic E-state index is 0.289. The number of aromatic hydroxyl groups is 1. The number of phenolic OH excluding ortho intramolecular Hbond substituents is 1. The van der Waals surface area contributed by atoms with Gasteiger partial charge in [-0.05, 0) is 23.8 Å². The van der Waals surface area contributed by atoms with Gasteiger partial charge in [0.25, 0.3) is 0 Å². The highest BCUT2D eigenvalue weighted by atomic mass is 16.7. The minimum Gasteiger partial charge on any atom is -0.508 e. The number of rotatable bonds is 4. The van der Waals surface area contributed by atoms with E-state index in [4.69, 9.17) is 9.47 Å². The van der Waals surface area contributed by atoms with Crippen LogP contribution in [0.5, 0.6) is 17.2 Å². The van der Waals surface area contributed by atoms with Gasteiger partial charge in [-0.3, -0.25) is 0 Å². The summed E-state index contributed by atoms with van der Waals surface area (Å²) >= 11 is 0. The maximum Gasteiger partial charge on any atom is 0.231 e. The lowest BCUT2D eigenvalue weighted by Gasteiger charge is -2.08. The molecule has 0 atom stereocenters. The molecule has 0 spiro atoms. The van der Waals surface area contributed by atoms with Crippen molar-refractivity contribution in [3.63, 3.8) is 0 Å². The normalized spacial score (nSPS) is 12.6. The average Bonchev–Trinajstić information content (AvgIpc) is 2.88. The van der Waals surface area contributed by atoms with Gasteiger partial charge in [0.15, 0.2) is 11.5 Å². The first-order valence-corrected chi connectivity index (χ1v) is 6.19. The van der Waals surface area contributed by atoms with E-state index in [0.29, 0.717) is 19.9 Å². The van der Waals surface area contributed by atoms with Crippen molar-refractivity contribution >= 4 is 0 Å². The van der Waals surface area contributed by atoms with Gasteiger partial charge in [0.1, 0.15) is 5.75 Å². The number of hydrogen-bond donors (Lipinski definition) is 2. The Bertz CT molecular complexity index is 583. The van der Waals surface area contributed by atoms with Crippen LogP contribution in [0, 0.1) is 0 Å². The van der Waals surface area contributed by atoms with Crippen LogP contribution in [0.15, 0.2) is 42.5 Å². The number of hydrogen-bond acceptors (Lipinski definition) is 4. The van der Waals surface area contributed by atoms with Crippen molar-refractivity contribution in [3.05, 3.63) is 53.6 Å². The van der Waals surface area contributed by atoms with Crippen molar-refractivity contribution in [1.82, 2.24) is 5.32 Å². The predicted octanol–water partition coefficient (Wildman–Crippen LogP) is 2.41. The quantitative estimate of drug-likeness (QED) is 0.883. The van der Waals surface area contributed by atoms with Gasteiger partial charge in [-0.2, -0.15) is 0 Å². The summed E-state index contributed by atoms with van der Waals surface area (Å²) in [5, 5.41) is 12.7. The molecular formula is C15H15NO3. The highest BCUT2D eigenvalue weighted by Crippen LogP contribution is 2.35. The third kappa shape index (κ3) is 2.63. The molecule has 0 saturated heterocycles. The Morgan fingerprint density at radius 1 is 1.05 bits per heavy atom. The van der Waals surface area contributed by atoms with Crippen LogP contribution in [0.4, 0.5) is 0 Å². The maximum atomic E-state index is 9.39. The van der Waals surface area contributed by atoms with E-state index >= 15 is 0 Å². The van der Waals surface area contributed by atoms with Crippen LogP contribution in [0.25, 0.3) is 0 Å². The predicted molar refractivity (Wildman–Crippen MR) is 71.2 cm³/mol. The van der Waals surface area contributed by atoms with Crippen molar-refractivity contribution in [2.75, 3.05) is 6.79 Å². The number of para-hydroxylation sites is 1. The van der Waals surface area contributed by atoms with Gasteiger partial charge in [0, 0.05) is 18.7 Å². The van der Waals surface area contributed by atoms with Gasteiger partial charge in [-0.1, -0.05) is 24.3 Å². The van der Waals surface area contributed by atoms with E-state index in [1.165, 1.54) is 0 Å². The summed E-state index contributed by atoms with van der Waals surface area (Å²) in [7, 11) is 0. The molecule has 0 saturated carbocycles. The molecule has 0 radical (unpaired) electrons. The molecule has 0 aromatic heterocycles. The fourth-order valence-electron chi connectivity index (χ4n) is 2.14. The van der Waals surface area contributed by atoms with Crippen LogP contribution in [0.1, 0.15) is 11.1 Å². The Labute approximate surface area is 111 Å². The molecule has 1 heterocycles. The topological polar surface area (TPSA) is 50.7 Å². The van der Waals surface area contributed by atoms with Gasteiger partial charge in [-0.15, -0.1) is 0 Å². The molecule has 0 bridgehead atoms. The second-order valence-corrected chi connectivity index (χ2v) is 4.42. The zero-order valence-electron chi connectivity index (χ0n) is 10.4. The van der Waals surface area contributed by atoms with Crippen LogP contribution in [-0.2, 0) is 13.1 Å². The number of ether oxygens (including phenoxy) is 2. The first-order valence-electron chi connectivity index (χ1n) is 6.19. The molecule has 2 aromatic carbocycles. The molecule has 4 heteroatoms. The van der Waals surface area contributed by atoms with E-state index in [2.05, 4.69) is 5.32 Å². The Morgan fingerprint density at radius 2 is 1.95 bits per heavy atom. The van der Waals surface area contributed by atoms with E-state index in [0.717, 1.165) is 22.6 Å². The highest BCUT2D eigenvalue weighted by Gasteiger charge is 2.16. The summed E-state index contributed by atoms with van der Waals surface area (Å²) in [6.07, 6.45) is 0. The molecule has 1 aliphatic rings. The summed E-state index contributed by atoms with van der Waals surface area (Å²) < 4.78 is 10.8. The molecule has 0 unspecified atom stereocenters. The largest absolute Gasteiger partial charge is 0.508 e. The van der Waals surface area contributed by atoms with E-state index in [1.807, 2.05) is 30.3 Å². The molecular weight excluding hydrogens is 242 g/mol. The van der Waals surface area contributed by atoms with Gasteiger partial charge < -0.3 is 19.9 Å². The zero-order valence-corrected chi connectivity index (χ0v) is 10.4. The van der Waals surface area contributed by atoms with E-state index < -0.39 is 0 Å². The van der Waals surface area contributed by atoms with Gasteiger partial charge in [-0.25, -0.2) is 0 Å². The molecule has 2 N–H and O–H groups in total. The Balaban J connectivity index is 1.63. The highest BCUT2D eigenvalue weighted by molar-refractivity contribution is 5.48. The number of benzene rings is 2. The number of nitrogens with one attached hydrogen (secondary N) is 1. The smallest absolute Gasteiger partial charge is 0.231 e. The van der Waals surface area contributed by atoms with E-state index in [1.54, 1.807) is 12.1 Å². The molecule has 2 aromatic rings. The first-order chi connectivity index (χ1) is 9.33. The lowest BCUT2D eigenvalue weighted by molar-refractivity contribution is 0.173. The number of fused-ring (bicyclic) bond motifs is 1. The average molecular weight is 257 g/mol. The van der Waals surface area contributed by atoms with Crippen molar-refractivity contribution in [1.29, 1.82) is 0 Å². The molecule has 19 heavy (non-hydrogen) atoms. The molecule has 4 nitrogen and oxygen atoms in total. The van der Waals surface area contributed by atoms with E-state index in [-0.39, 0.29) is 5.75 Å². The summed E-state index contributed by atoms with van der Waals surface area (Å²) in [6.45, 7) is 1.68. The van der Waals surface area contributed by atoms with Crippen LogP contribution >= 0.6 is 0 Å². The van der Waals surface area contributed by atoms with Crippen molar-refractivity contribution in [2.24, 2.45) is 0 Å². The van der Waals surface area contributed by atoms with Gasteiger partial charge in [0.05, 0.1) is 0 Å². The Morgan fingerprint density at radius 3 is 2.84 bits per heavy atom. The standard InChI is InChI=1S/C15H15NO3/c17-13-5-1-3-11(7-13)8-16-9-12-4-2-6-14-15(12)19-10-18-14/h1-7,16-17H,8-10H2. The van der Waals surface area contributed by atoms with Crippen LogP contribution < -0.4 is 14.8 Å². The lowest BCUT2D eigenvalue weighted by Crippen LogP contribution is -2.13. The summed E-state index contributed by atoms with van der Waals surface area (Å²) in [5.41, 5.74) is 2.12. The Hall–Kier alpha value is -2.20. The fourth-order valence-corrected chi connectivity index (χ4v) is 2.14. The Kier molecular flexibility index (Phi) is 3.25. The second kappa shape index (κ2) is 5.20. The van der Waals surface area contributed by atoms with Crippen molar-refractivity contribution in [3.8, 4) is 17.2 Å². The third-order valence-corrected chi connectivity index (χ3v) is 3.03. The third-order valence-electron chi connectivity index (χ3n) is 3.03. The van der Waals surface area contributed by atoms with Crippen LogP contribution in [0.3, 0.4) is 0 Å². The van der Waals surface area contributed by atoms with Crippen molar-refractivity contribution < 1.29 is 14.6 Å². The molecule has 3 rings (SSSR count). The zero-order chi connectivity index (χ0) is 13.1. The summed E-state index contributed by atoms with van der Waals surface area (Å²) in [4.78, 5) is 0. The van der Waals surface area contributed by atoms with Crippen LogP contribution in [0.2, 0.25) is 0 Å². The van der Waals surface area contributed by atoms with Gasteiger partial charge in [0.2, 0.25) is 6.79 Å². The molecule has 0 amide bonds. The SMILES string of the molecule is Oc1cccc(CNCc2cccc3c2OCO3)c1. The van der Waals surface area contributed by atoms with Crippen molar-refractivity contribution in [2.45, 2.75) is 13.1 Å². The first kappa shape index (κ1) is 11.9. The molecule has 98 valence electrons. The van der Waals surface area contributed by atoms with E-state index in [9.17, 15) is 5.11 Å². The fraction of sp³-hybridized carbons (Fsp3) is 0.200. The monoisotopic (exact) mass is 257 g/mol.